The lowest BCUT2D eigenvalue weighted by Crippen LogP contribution is -2.45. The molecule has 148 valence electrons. The second-order valence-electron chi connectivity index (χ2n) is 6.30. The summed E-state index contributed by atoms with van der Waals surface area (Å²) >= 11 is 0. The van der Waals surface area contributed by atoms with Crippen LogP contribution in [-0.4, -0.2) is 53.5 Å². The molecule has 1 atom stereocenters. The van der Waals surface area contributed by atoms with Crippen molar-refractivity contribution in [2.75, 3.05) is 20.8 Å². The number of aliphatic imine (C=N–C) groups is 1. The quantitative estimate of drug-likeness (QED) is 0.767. The lowest BCUT2D eigenvalue weighted by molar-refractivity contribution is -0.129. The third kappa shape index (κ3) is 3.10. The molecule has 1 aliphatic heterocycles. The molecule has 1 unspecified atom stereocenters. The Bertz CT molecular complexity index is 1080. The Morgan fingerprint density at radius 3 is 2.76 bits per heavy atom. The lowest BCUT2D eigenvalue weighted by atomic mass is 9.92. The smallest absolute Gasteiger partial charge is 0.350 e. The number of urea groups is 1. The van der Waals surface area contributed by atoms with E-state index in [1.165, 1.54) is 7.11 Å². The Morgan fingerprint density at radius 2 is 2.03 bits per heavy atom. The van der Waals surface area contributed by atoms with Gasteiger partial charge in [-0.2, -0.15) is 9.98 Å². The summed E-state index contributed by atoms with van der Waals surface area (Å²) in [6.45, 7) is 2.02. The summed E-state index contributed by atoms with van der Waals surface area (Å²) in [6.07, 6.45) is 5.01. The van der Waals surface area contributed by atoms with Crippen LogP contribution in [0.5, 0.6) is 11.5 Å². The first kappa shape index (κ1) is 18.6. The molecule has 0 fully saturated rings. The number of benzene rings is 1. The van der Waals surface area contributed by atoms with E-state index in [4.69, 9.17) is 14.0 Å². The molecule has 0 bridgehead atoms. The van der Waals surface area contributed by atoms with Crippen LogP contribution in [0.25, 0.3) is 17.0 Å². The molecule has 1 aliphatic carbocycles. The van der Waals surface area contributed by atoms with Crippen molar-refractivity contribution in [2.45, 2.75) is 6.92 Å². The van der Waals surface area contributed by atoms with E-state index in [1.807, 2.05) is 0 Å². The number of methoxy groups -OCH3 is 2. The average Bonchev–Trinajstić information content (AvgIpc) is 3.23. The molecule has 1 aromatic heterocycles. The number of hydrogen-bond acceptors (Lipinski definition) is 7. The number of nitrogens with zero attached hydrogens (tertiary/aromatic N) is 4. The number of aromatic nitrogens is 2. The monoisotopic (exact) mass is 394 g/mol. The van der Waals surface area contributed by atoms with Crippen molar-refractivity contribution in [1.29, 1.82) is 0 Å². The first-order valence-electron chi connectivity index (χ1n) is 8.96. The van der Waals surface area contributed by atoms with Gasteiger partial charge in [-0.3, -0.25) is 9.69 Å². The van der Waals surface area contributed by atoms with E-state index in [1.54, 1.807) is 50.5 Å². The molecule has 9 nitrogen and oxygen atoms in total. The molecule has 0 spiro atoms. The average molecular weight is 394 g/mol. The number of rotatable bonds is 5. The molecule has 2 aromatic rings. The Hall–Kier alpha value is -3.75. The molecular formula is C20H18N4O5. The van der Waals surface area contributed by atoms with Gasteiger partial charge < -0.3 is 14.0 Å². The number of carbonyl (C=O) groups is 2. The van der Waals surface area contributed by atoms with Crippen LogP contribution in [0.1, 0.15) is 12.8 Å². The van der Waals surface area contributed by atoms with Crippen LogP contribution in [0.4, 0.5) is 4.79 Å². The Kier molecular flexibility index (Phi) is 4.71. The number of ether oxygens (including phenoxy) is 2. The molecule has 2 aliphatic rings. The molecule has 9 heteroatoms. The largest absolute Gasteiger partial charge is 0.493 e. The third-order valence-corrected chi connectivity index (χ3v) is 4.71. The van der Waals surface area contributed by atoms with E-state index in [2.05, 4.69) is 15.1 Å². The summed E-state index contributed by atoms with van der Waals surface area (Å²) < 4.78 is 16.1. The summed E-state index contributed by atoms with van der Waals surface area (Å²) in [4.78, 5) is 34.0. The molecule has 29 heavy (non-hydrogen) atoms. The van der Waals surface area contributed by atoms with Crippen LogP contribution in [0.3, 0.4) is 0 Å². The zero-order valence-electron chi connectivity index (χ0n) is 16.1. The second kappa shape index (κ2) is 7.34. The maximum atomic E-state index is 12.4. The van der Waals surface area contributed by atoms with Gasteiger partial charge in [0, 0.05) is 12.1 Å². The molecule has 2 heterocycles. The minimum atomic E-state index is -0.586. The Morgan fingerprint density at radius 1 is 1.21 bits per heavy atom. The van der Waals surface area contributed by atoms with Crippen LogP contribution in [-0.2, 0) is 4.79 Å². The fourth-order valence-electron chi connectivity index (χ4n) is 3.28. The highest BCUT2D eigenvalue weighted by Crippen LogP contribution is 2.37. The van der Waals surface area contributed by atoms with E-state index < -0.39 is 11.9 Å². The van der Waals surface area contributed by atoms with Gasteiger partial charge in [0.15, 0.2) is 11.5 Å². The Labute approximate surface area is 166 Å². The lowest BCUT2D eigenvalue weighted by Gasteiger charge is -2.27. The summed E-state index contributed by atoms with van der Waals surface area (Å²) in [7, 11) is 3.08. The normalized spacial score (nSPS) is 18.3. The van der Waals surface area contributed by atoms with Gasteiger partial charge in [0.05, 0.1) is 31.4 Å². The van der Waals surface area contributed by atoms with Gasteiger partial charge in [-0.1, -0.05) is 23.4 Å². The van der Waals surface area contributed by atoms with Gasteiger partial charge in [-0.25, -0.2) is 4.79 Å². The van der Waals surface area contributed by atoms with Crippen molar-refractivity contribution in [1.82, 2.24) is 15.0 Å². The first-order chi connectivity index (χ1) is 14.1. The molecule has 0 radical (unpaired) electrons. The number of para-hydroxylation sites is 1. The van der Waals surface area contributed by atoms with Crippen molar-refractivity contribution < 1.29 is 23.6 Å². The van der Waals surface area contributed by atoms with Gasteiger partial charge in [-0.05, 0) is 25.1 Å². The van der Waals surface area contributed by atoms with Gasteiger partial charge >= 0.3 is 6.03 Å². The zero-order valence-corrected chi connectivity index (χ0v) is 16.1. The van der Waals surface area contributed by atoms with Crippen LogP contribution in [0.2, 0.25) is 0 Å². The highest BCUT2D eigenvalue weighted by Gasteiger charge is 2.36. The maximum Gasteiger partial charge on any atom is 0.350 e. The standard InChI is InChI=1S/C20H18N4O5/c1-4-24-19(25)12-9-8-11(10-14(12)21-20(24)26)18-22-17(23-29-18)13-6-5-7-15(27-2)16(13)28-3/h5-10,12H,4H2,1-3H3. The van der Waals surface area contributed by atoms with Crippen LogP contribution in [0.15, 0.2) is 45.9 Å². The fraction of sp³-hybridized carbons (Fsp3) is 0.250. The topological polar surface area (TPSA) is 107 Å². The summed E-state index contributed by atoms with van der Waals surface area (Å²) in [5, 5.41) is 4.03. The molecule has 0 saturated heterocycles. The van der Waals surface area contributed by atoms with Crippen LogP contribution >= 0.6 is 0 Å². The molecule has 0 N–H and O–H groups in total. The molecule has 4 rings (SSSR count). The summed E-state index contributed by atoms with van der Waals surface area (Å²) in [6, 6.07) is 4.79. The number of hydrogen-bond donors (Lipinski definition) is 0. The van der Waals surface area contributed by atoms with Gasteiger partial charge in [-0.15, -0.1) is 0 Å². The second-order valence-corrected chi connectivity index (χ2v) is 6.30. The van der Waals surface area contributed by atoms with Gasteiger partial charge in [0.1, 0.15) is 0 Å². The predicted molar refractivity (Wildman–Crippen MR) is 104 cm³/mol. The van der Waals surface area contributed by atoms with Crippen molar-refractivity contribution in [3.8, 4) is 22.9 Å². The third-order valence-electron chi connectivity index (χ3n) is 4.71. The minimum Gasteiger partial charge on any atom is -0.493 e. The van der Waals surface area contributed by atoms with E-state index >= 15 is 0 Å². The van der Waals surface area contributed by atoms with Crippen molar-refractivity contribution >= 4 is 23.2 Å². The van der Waals surface area contributed by atoms with Gasteiger partial charge in [0.2, 0.25) is 11.7 Å². The van der Waals surface area contributed by atoms with E-state index in [0.717, 1.165) is 4.90 Å². The molecule has 1 aromatic carbocycles. The first-order valence-corrected chi connectivity index (χ1v) is 8.96. The molecule has 0 saturated carbocycles. The highest BCUT2D eigenvalue weighted by atomic mass is 16.5. The number of carbonyl (C=O) groups excluding carboxylic acids is 2. The fourth-order valence-corrected chi connectivity index (χ4v) is 3.28. The van der Waals surface area contributed by atoms with Crippen molar-refractivity contribution in [3.05, 3.63) is 42.3 Å². The van der Waals surface area contributed by atoms with Crippen LogP contribution in [0, 0.1) is 5.92 Å². The number of imide groups is 1. The van der Waals surface area contributed by atoms with Gasteiger partial charge in [0.25, 0.3) is 5.89 Å². The minimum absolute atomic E-state index is 0.236. The number of allylic oxidation sites excluding steroid dienone is 3. The maximum absolute atomic E-state index is 12.4. The zero-order chi connectivity index (χ0) is 20.5. The van der Waals surface area contributed by atoms with Crippen molar-refractivity contribution in [3.63, 3.8) is 0 Å². The summed E-state index contributed by atoms with van der Waals surface area (Å²) in [5.74, 6) is 0.717. The molecular weight excluding hydrogens is 376 g/mol. The van der Waals surface area contributed by atoms with Crippen molar-refractivity contribution in [2.24, 2.45) is 10.9 Å². The predicted octanol–water partition coefficient (Wildman–Crippen LogP) is 2.75. The van der Waals surface area contributed by atoms with Crippen LogP contribution < -0.4 is 9.47 Å². The van der Waals surface area contributed by atoms with E-state index in [9.17, 15) is 9.59 Å². The molecule has 3 amide bonds. The Balaban J connectivity index is 1.69. The van der Waals surface area contributed by atoms with E-state index in [-0.39, 0.29) is 18.3 Å². The van der Waals surface area contributed by atoms with E-state index in [0.29, 0.717) is 34.2 Å². The number of fused-ring (bicyclic) bond motifs is 1. The summed E-state index contributed by atoms with van der Waals surface area (Å²) in [5.41, 5.74) is 1.53. The SMILES string of the molecule is CCN1C(=O)N=C2C=C(c3nc(-c4cccc(OC)c4OC)no3)C=CC2C1=O. The highest BCUT2D eigenvalue weighted by molar-refractivity contribution is 6.24. The number of amides is 3.